The maximum Gasteiger partial charge on any atom is 1.00 e. The second kappa shape index (κ2) is 7.09. The van der Waals surface area contributed by atoms with Gasteiger partial charge in [0.05, 0.1) is 0 Å². The molecule has 48 valence electrons. The Morgan fingerprint density at radius 2 is 0.625 bits per heavy atom. The Balaban J connectivity index is 0. The molecule has 0 unspecified atom stereocenters. The zero-order valence-corrected chi connectivity index (χ0v) is 6.05. The van der Waals surface area contributed by atoms with Gasteiger partial charge < -0.3 is 13.5 Å². The molecule has 8 heavy (non-hydrogen) atoms. The van der Waals surface area contributed by atoms with Crippen LogP contribution in [0.25, 0.3) is 0 Å². The molecule has 0 radical (unpaired) electrons. The first-order valence-electron chi connectivity index (χ1n) is 2.00. The maximum atomic E-state index is 2.00. The van der Waals surface area contributed by atoms with Gasteiger partial charge in [0.2, 0.25) is 0 Å². The molecule has 0 nitrogen and oxygen atoms in total. The molecule has 0 saturated carbocycles. The molecule has 0 spiro atoms. The third-order valence-electron chi connectivity index (χ3n) is 0.667. The van der Waals surface area contributed by atoms with Gasteiger partial charge in [-0.25, -0.2) is 0 Å². The molecular weight excluding hydrogens is 168 g/mol. The third-order valence-corrected chi connectivity index (χ3v) is 0.667. The SMILES string of the molecule is [Cu+].[SH-].c1ccccc1. The molecule has 1 aromatic rings. The van der Waals surface area contributed by atoms with Gasteiger partial charge in [-0.15, -0.1) is 0 Å². The van der Waals surface area contributed by atoms with E-state index in [9.17, 15) is 0 Å². The summed E-state index contributed by atoms with van der Waals surface area (Å²) >= 11 is 0. The molecule has 0 fully saturated rings. The summed E-state index contributed by atoms with van der Waals surface area (Å²) in [5.74, 6) is 0. The molecule has 1 rings (SSSR count). The van der Waals surface area contributed by atoms with Crippen molar-refractivity contribution in [3.05, 3.63) is 36.4 Å². The molecule has 0 aliphatic heterocycles. The predicted molar refractivity (Wildman–Crippen MR) is 35.2 cm³/mol. The van der Waals surface area contributed by atoms with E-state index >= 15 is 0 Å². The molecule has 0 bridgehead atoms. The van der Waals surface area contributed by atoms with Crippen LogP contribution in [0.15, 0.2) is 36.4 Å². The van der Waals surface area contributed by atoms with Crippen LogP contribution in [0.3, 0.4) is 0 Å². The smallest absolute Gasteiger partial charge is 0.813 e. The minimum Gasteiger partial charge on any atom is -0.813 e. The Morgan fingerprint density at radius 3 is 0.750 bits per heavy atom. The number of benzene rings is 1. The van der Waals surface area contributed by atoms with E-state index in [1.54, 1.807) is 0 Å². The Bertz CT molecular complexity index is 80.5. The van der Waals surface area contributed by atoms with Crippen molar-refractivity contribution in [2.45, 2.75) is 0 Å². The largest absolute Gasteiger partial charge is 1.00 e. The van der Waals surface area contributed by atoms with Gasteiger partial charge in [0.15, 0.2) is 0 Å². The Hall–Kier alpha value is 0.0895. The Morgan fingerprint density at radius 1 is 0.500 bits per heavy atom. The molecule has 0 aliphatic rings. The van der Waals surface area contributed by atoms with Gasteiger partial charge in [-0.2, -0.15) is 0 Å². The van der Waals surface area contributed by atoms with Crippen molar-refractivity contribution in [2.24, 2.45) is 0 Å². The van der Waals surface area contributed by atoms with Crippen LogP contribution in [-0.4, -0.2) is 0 Å². The fourth-order valence-electron chi connectivity index (χ4n) is 0.385. The van der Waals surface area contributed by atoms with Gasteiger partial charge in [-0.05, 0) is 0 Å². The minimum atomic E-state index is 0. The van der Waals surface area contributed by atoms with Crippen molar-refractivity contribution >= 4 is 13.5 Å². The van der Waals surface area contributed by atoms with Crippen molar-refractivity contribution in [1.82, 2.24) is 0 Å². The van der Waals surface area contributed by atoms with Gasteiger partial charge in [0.1, 0.15) is 0 Å². The Kier molecular flexibility index (Phi) is 9.72. The predicted octanol–water partition coefficient (Wildman–Crippen LogP) is 1.41. The van der Waals surface area contributed by atoms with Crippen molar-refractivity contribution in [1.29, 1.82) is 0 Å². The van der Waals surface area contributed by atoms with Crippen molar-refractivity contribution in [3.63, 3.8) is 0 Å². The quantitative estimate of drug-likeness (QED) is 0.326. The molecule has 2 heteroatoms. The van der Waals surface area contributed by atoms with Crippen LogP contribution in [0, 0.1) is 0 Å². The van der Waals surface area contributed by atoms with Gasteiger partial charge in [0, 0.05) is 0 Å². The molecular formula is C6H7CuS. The summed E-state index contributed by atoms with van der Waals surface area (Å²) < 4.78 is 0. The van der Waals surface area contributed by atoms with E-state index in [-0.39, 0.29) is 30.6 Å². The van der Waals surface area contributed by atoms with E-state index in [1.165, 1.54) is 0 Å². The van der Waals surface area contributed by atoms with Crippen molar-refractivity contribution in [2.75, 3.05) is 0 Å². The number of thiol groups is 1. The molecule has 1 aromatic carbocycles. The Labute approximate surface area is 67.2 Å². The second-order valence-corrected chi connectivity index (χ2v) is 1.15. The molecule has 0 N–H and O–H groups in total. The normalized spacial score (nSPS) is 6.00. The van der Waals surface area contributed by atoms with Crippen LogP contribution in [0.5, 0.6) is 0 Å². The zero-order valence-electron chi connectivity index (χ0n) is 4.21. The molecule has 0 saturated heterocycles. The standard InChI is InChI=1S/C6H6.Cu.H2S/c1-2-4-6-5-3-1;;/h1-6H;;1H2/q;+1;/p-1. The number of rotatable bonds is 0. The average Bonchev–Trinajstić information content (AvgIpc) is 1.72. The average molecular weight is 175 g/mol. The van der Waals surface area contributed by atoms with Crippen LogP contribution in [-0.2, 0) is 30.6 Å². The maximum absolute atomic E-state index is 2.00. The van der Waals surface area contributed by atoms with Crippen LogP contribution < -0.4 is 0 Å². The summed E-state index contributed by atoms with van der Waals surface area (Å²) in [5.41, 5.74) is 0. The van der Waals surface area contributed by atoms with Crippen LogP contribution in [0.4, 0.5) is 0 Å². The summed E-state index contributed by atoms with van der Waals surface area (Å²) in [7, 11) is 0. The van der Waals surface area contributed by atoms with E-state index < -0.39 is 0 Å². The van der Waals surface area contributed by atoms with Gasteiger partial charge >= 0.3 is 17.1 Å². The van der Waals surface area contributed by atoms with E-state index in [4.69, 9.17) is 0 Å². The monoisotopic (exact) mass is 174 g/mol. The zero-order chi connectivity index (χ0) is 4.24. The third kappa shape index (κ3) is 4.25. The molecule has 0 atom stereocenters. The summed E-state index contributed by atoms with van der Waals surface area (Å²) in [6.07, 6.45) is 0. The van der Waals surface area contributed by atoms with Crippen molar-refractivity contribution < 1.29 is 17.1 Å². The summed E-state index contributed by atoms with van der Waals surface area (Å²) in [5, 5.41) is 0. The second-order valence-electron chi connectivity index (χ2n) is 1.15. The first-order chi connectivity index (χ1) is 3.00. The van der Waals surface area contributed by atoms with E-state index in [0.717, 1.165) is 0 Å². The summed E-state index contributed by atoms with van der Waals surface area (Å²) in [6.45, 7) is 0. The topological polar surface area (TPSA) is 0 Å². The minimum absolute atomic E-state index is 0. The van der Waals surface area contributed by atoms with E-state index in [1.807, 2.05) is 36.4 Å². The number of hydrogen-bond acceptors (Lipinski definition) is 1. The first-order valence-corrected chi connectivity index (χ1v) is 2.00. The van der Waals surface area contributed by atoms with Crippen molar-refractivity contribution in [3.8, 4) is 0 Å². The van der Waals surface area contributed by atoms with Gasteiger partial charge in [-0.1, -0.05) is 36.4 Å². The van der Waals surface area contributed by atoms with E-state index in [2.05, 4.69) is 0 Å². The first kappa shape index (κ1) is 11.0. The van der Waals surface area contributed by atoms with Gasteiger partial charge in [-0.3, -0.25) is 0 Å². The fourth-order valence-corrected chi connectivity index (χ4v) is 0.385. The fraction of sp³-hybridized carbons (Fsp3) is 0. The van der Waals surface area contributed by atoms with Crippen LogP contribution in [0.1, 0.15) is 0 Å². The molecule has 0 aromatic heterocycles. The van der Waals surface area contributed by atoms with Gasteiger partial charge in [0.25, 0.3) is 0 Å². The van der Waals surface area contributed by atoms with E-state index in [0.29, 0.717) is 0 Å². The van der Waals surface area contributed by atoms with Crippen LogP contribution >= 0.6 is 0 Å². The molecule has 0 aliphatic carbocycles. The molecule has 0 amide bonds. The summed E-state index contributed by atoms with van der Waals surface area (Å²) in [4.78, 5) is 0. The summed E-state index contributed by atoms with van der Waals surface area (Å²) in [6, 6.07) is 12.0. The van der Waals surface area contributed by atoms with Crippen LogP contribution in [0.2, 0.25) is 0 Å². The molecule has 0 heterocycles. The number of hydrogen-bond donors (Lipinski definition) is 0.